The summed E-state index contributed by atoms with van der Waals surface area (Å²) < 4.78 is 0. The van der Waals surface area contributed by atoms with Gasteiger partial charge in [0.1, 0.15) is 6.17 Å². The topological polar surface area (TPSA) is 32.3 Å². The van der Waals surface area contributed by atoms with Crippen LogP contribution in [0.4, 0.5) is 0 Å². The van der Waals surface area contributed by atoms with Crippen molar-refractivity contribution in [3.05, 3.63) is 43.8 Å². The Hall–Kier alpha value is -1.17. The van der Waals surface area contributed by atoms with Crippen molar-refractivity contribution in [1.82, 2.24) is 10.2 Å². The maximum Gasteiger partial charge on any atom is 0.241 e. The molecule has 0 aliphatic carbocycles. The predicted octanol–water partition coefficient (Wildman–Crippen LogP) is 3.84. The fraction of sp³-hybridized carbons (Fsp3) is 0.438. The van der Waals surface area contributed by atoms with Crippen LogP contribution in [0.25, 0.3) is 0 Å². The van der Waals surface area contributed by atoms with Gasteiger partial charge >= 0.3 is 0 Å². The Kier molecular flexibility index (Phi) is 4.15. The first-order valence-electron chi connectivity index (χ1n) is 7.24. The minimum Gasteiger partial charge on any atom is -0.316 e. The highest BCUT2D eigenvalue weighted by atomic mass is 32.1. The van der Waals surface area contributed by atoms with Gasteiger partial charge in [-0.15, -0.1) is 11.3 Å². The van der Waals surface area contributed by atoms with Crippen LogP contribution < -0.4 is 5.32 Å². The fourth-order valence-corrected chi connectivity index (χ4v) is 4.51. The molecule has 0 saturated carbocycles. The van der Waals surface area contributed by atoms with Crippen molar-refractivity contribution in [3.8, 4) is 0 Å². The molecule has 1 aliphatic heterocycles. The second-order valence-electron chi connectivity index (χ2n) is 5.52. The van der Waals surface area contributed by atoms with E-state index in [-0.39, 0.29) is 18.1 Å². The van der Waals surface area contributed by atoms with E-state index in [1.807, 2.05) is 4.90 Å². The van der Waals surface area contributed by atoms with Crippen molar-refractivity contribution in [2.45, 2.75) is 45.9 Å². The lowest BCUT2D eigenvalue weighted by Gasteiger charge is -2.23. The van der Waals surface area contributed by atoms with Crippen LogP contribution >= 0.6 is 22.7 Å². The van der Waals surface area contributed by atoms with Gasteiger partial charge in [-0.3, -0.25) is 10.1 Å². The molecule has 1 fully saturated rings. The molecule has 3 nitrogen and oxygen atoms in total. The van der Waals surface area contributed by atoms with Crippen LogP contribution in [0, 0.1) is 13.8 Å². The van der Waals surface area contributed by atoms with Crippen LogP contribution in [0.3, 0.4) is 0 Å². The third-order valence-electron chi connectivity index (χ3n) is 3.99. The van der Waals surface area contributed by atoms with Crippen molar-refractivity contribution < 1.29 is 4.79 Å². The van der Waals surface area contributed by atoms with Crippen molar-refractivity contribution >= 4 is 28.6 Å². The number of carbonyl (C=O) groups excluding carboxylic acids is 1. The monoisotopic (exact) mass is 320 g/mol. The number of thiophene rings is 2. The number of nitrogens with zero attached hydrogens (tertiary/aromatic N) is 1. The van der Waals surface area contributed by atoms with E-state index >= 15 is 0 Å². The van der Waals surface area contributed by atoms with Crippen molar-refractivity contribution in [3.63, 3.8) is 0 Å². The molecule has 1 saturated heterocycles. The lowest BCUT2D eigenvalue weighted by Crippen LogP contribution is -2.30. The van der Waals surface area contributed by atoms with Crippen molar-refractivity contribution in [2.75, 3.05) is 0 Å². The van der Waals surface area contributed by atoms with Gasteiger partial charge in [-0.25, -0.2) is 0 Å². The zero-order chi connectivity index (χ0) is 15.0. The summed E-state index contributed by atoms with van der Waals surface area (Å²) in [5, 5.41) is 7.79. The van der Waals surface area contributed by atoms with E-state index in [9.17, 15) is 4.79 Å². The summed E-state index contributed by atoms with van der Waals surface area (Å²) >= 11 is 3.47. The van der Waals surface area contributed by atoms with Crippen molar-refractivity contribution in [1.29, 1.82) is 0 Å². The van der Waals surface area contributed by atoms with Crippen LogP contribution in [0.5, 0.6) is 0 Å². The van der Waals surface area contributed by atoms with Crippen LogP contribution in [-0.4, -0.2) is 16.8 Å². The number of rotatable bonds is 4. The van der Waals surface area contributed by atoms with Gasteiger partial charge in [0, 0.05) is 16.3 Å². The maximum atomic E-state index is 12.6. The number of amides is 1. The van der Waals surface area contributed by atoms with E-state index in [0.717, 1.165) is 6.42 Å². The molecule has 3 heterocycles. The van der Waals surface area contributed by atoms with Gasteiger partial charge in [0.05, 0.1) is 6.04 Å². The first kappa shape index (κ1) is 14.8. The largest absolute Gasteiger partial charge is 0.316 e. The summed E-state index contributed by atoms with van der Waals surface area (Å²) in [6.45, 7) is 6.97. The highest BCUT2D eigenvalue weighted by Crippen LogP contribution is 2.33. The van der Waals surface area contributed by atoms with Gasteiger partial charge in [0.15, 0.2) is 0 Å². The zero-order valence-corrected chi connectivity index (χ0v) is 14.2. The summed E-state index contributed by atoms with van der Waals surface area (Å²) in [7, 11) is 0. The Morgan fingerprint density at radius 1 is 1.29 bits per heavy atom. The van der Waals surface area contributed by atoms with E-state index in [2.05, 4.69) is 49.0 Å². The third-order valence-corrected chi connectivity index (χ3v) is 5.96. The molecule has 2 aromatic heterocycles. The highest BCUT2D eigenvalue weighted by Gasteiger charge is 2.39. The van der Waals surface area contributed by atoms with E-state index < -0.39 is 0 Å². The summed E-state index contributed by atoms with van der Waals surface area (Å²) in [4.78, 5) is 17.1. The first-order valence-corrected chi connectivity index (χ1v) is 9.00. The van der Waals surface area contributed by atoms with E-state index in [1.54, 1.807) is 22.7 Å². The molecule has 112 valence electrons. The fourth-order valence-electron chi connectivity index (χ4n) is 2.71. The minimum atomic E-state index is -0.0589. The average molecular weight is 320 g/mol. The molecule has 0 aromatic carbocycles. The van der Waals surface area contributed by atoms with Gasteiger partial charge in [-0.05, 0) is 54.3 Å². The Labute approximate surface area is 133 Å². The molecule has 5 heteroatoms. The first-order chi connectivity index (χ1) is 10.1. The average Bonchev–Trinajstić information content (AvgIpc) is 3.13. The molecule has 3 rings (SSSR count). The molecule has 2 aromatic rings. The second kappa shape index (κ2) is 5.91. The van der Waals surface area contributed by atoms with E-state index in [1.165, 1.54) is 20.9 Å². The smallest absolute Gasteiger partial charge is 0.241 e. The van der Waals surface area contributed by atoms with Crippen LogP contribution in [0.1, 0.15) is 40.4 Å². The molecule has 0 radical (unpaired) electrons. The highest BCUT2D eigenvalue weighted by molar-refractivity contribution is 7.12. The minimum absolute atomic E-state index is 0.0143. The van der Waals surface area contributed by atoms with Gasteiger partial charge in [-0.1, -0.05) is 6.92 Å². The zero-order valence-electron chi connectivity index (χ0n) is 12.6. The molecule has 1 N–H and O–H groups in total. The van der Waals surface area contributed by atoms with Gasteiger partial charge in [-0.2, -0.15) is 11.3 Å². The molecule has 1 amide bonds. The molecule has 2 unspecified atom stereocenters. The molecule has 0 bridgehead atoms. The van der Waals surface area contributed by atoms with E-state index in [4.69, 9.17) is 0 Å². The maximum absolute atomic E-state index is 12.6. The Balaban J connectivity index is 1.89. The summed E-state index contributed by atoms with van der Waals surface area (Å²) in [6, 6.07) is 4.20. The standard InChI is InChI=1S/C16H20N2OS2/c1-4-13-16(19)18(7-12-9-20-8-10(12)2)15(17-13)14-6-5-11(3)21-14/h5-6,8-9,13,15,17H,4,7H2,1-3H3. The van der Waals surface area contributed by atoms with Crippen LogP contribution in [0.2, 0.25) is 0 Å². The molecular formula is C16H20N2OS2. The van der Waals surface area contributed by atoms with Crippen LogP contribution in [-0.2, 0) is 11.3 Å². The Morgan fingerprint density at radius 3 is 2.67 bits per heavy atom. The number of hydrogen-bond acceptors (Lipinski definition) is 4. The summed E-state index contributed by atoms with van der Waals surface area (Å²) in [6.07, 6.45) is 0.846. The van der Waals surface area contributed by atoms with Crippen molar-refractivity contribution in [2.24, 2.45) is 0 Å². The molecule has 2 atom stereocenters. The Bertz CT molecular complexity index is 646. The lowest BCUT2D eigenvalue weighted by atomic mass is 10.2. The van der Waals surface area contributed by atoms with Crippen LogP contribution in [0.15, 0.2) is 22.9 Å². The Morgan fingerprint density at radius 2 is 2.10 bits per heavy atom. The predicted molar refractivity (Wildman–Crippen MR) is 88.6 cm³/mol. The second-order valence-corrected chi connectivity index (χ2v) is 7.59. The normalized spacial score (nSPS) is 22.2. The lowest BCUT2D eigenvalue weighted by molar-refractivity contribution is -0.130. The molecular weight excluding hydrogens is 300 g/mol. The number of hydrogen-bond donors (Lipinski definition) is 1. The van der Waals surface area contributed by atoms with Gasteiger partial charge in [0.25, 0.3) is 0 Å². The molecule has 1 aliphatic rings. The molecule has 0 spiro atoms. The summed E-state index contributed by atoms with van der Waals surface area (Å²) in [5.74, 6) is 0.221. The number of aryl methyl sites for hydroxylation is 2. The quantitative estimate of drug-likeness (QED) is 0.928. The van der Waals surface area contributed by atoms with Gasteiger partial charge < -0.3 is 4.90 Å². The van der Waals surface area contributed by atoms with E-state index in [0.29, 0.717) is 6.54 Å². The van der Waals surface area contributed by atoms with Gasteiger partial charge in [0.2, 0.25) is 5.91 Å². The summed E-state index contributed by atoms with van der Waals surface area (Å²) in [5.41, 5.74) is 2.53. The number of carbonyl (C=O) groups is 1. The number of nitrogens with one attached hydrogen (secondary N) is 1. The molecule has 21 heavy (non-hydrogen) atoms. The SMILES string of the molecule is CCC1NC(c2ccc(C)s2)N(Cc2cscc2C)C1=O. The third kappa shape index (κ3) is 2.78.